The maximum atomic E-state index is 13.4. The van der Waals surface area contributed by atoms with Crippen LogP contribution >= 0.6 is 11.3 Å². The first-order valence-electron chi connectivity index (χ1n) is 13.2. The fourth-order valence-electron chi connectivity index (χ4n) is 5.28. The molecule has 210 valence electrons. The average molecular weight is 583 g/mol. The molecular formula is C27H30N6O5S2. The lowest BCUT2D eigenvalue weighted by atomic mass is 10.0. The summed E-state index contributed by atoms with van der Waals surface area (Å²) in [4.78, 5) is 38.8. The van der Waals surface area contributed by atoms with Gasteiger partial charge in [0.1, 0.15) is 11.6 Å². The summed E-state index contributed by atoms with van der Waals surface area (Å²) in [6.45, 7) is 5.21. The number of pyridine rings is 1. The quantitative estimate of drug-likeness (QED) is 0.402. The normalized spacial score (nSPS) is 18.1. The first kappa shape index (κ1) is 26.7. The monoisotopic (exact) mass is 582 g/mol. The van der Waals surface area contributed by atoms with Gasteiger partial charge < -0.3 is 15.0 Å². The zero-order valence-electron chi connectivity index (χ0n) is 22.4. The standard InChI is InChI=1S/C27H30N6O5S2/c1-15-24(39-26(29-15)31-21-6-4-7-22(30-21)32-10-5-11-38-27(32)35)18-12-19-14-33(16(2)17-8-9-17)25(34)23(19)20(13-18)40(36,37)28-3/h4,6-7,12-13,16-17,28H,5,8-11,14H2,1-3H3,(H,29,30,31). The Balaban J connectivity index is 1.33. The third-order valence-electron chi connectivity index (χ3n) is 7.63. The molecule has 2 amide bonds. The van der Waals surface area contributed by atoms with E-state index in [0.29, 0.717) is 59.2 Å². The third-order valence-corrected chi connectivity index (χ3v) is 10.2. The molecule has 6 rings (SSSR count). The van der Waals surface area contributed by atoms with E-state index in [1.807, 2.05) is 19.9 Å². The molecule has 11 nitrogen and oxygen atoms in total. The molecule has 1 saturated heterocycles. The van der Waals surface area contributed by atoms with Crippen molar-refractivity contribution in [3.8, 4) is 10.4 Å². The number of carbonyl (C=O) groups excluding carboxylic acids is 2. The van der Waals surface area contributed by atoms with E-state index < -0.39 is 16.1 Å². The summed E-state index contributed by atoms with van der Waals surface area (Å²) in [6, 6.07) is 8.87. The van der Waals surface area contributed by atoms with E-state index in [9.17, 15) is 18.0 Å². The number of nitrogens with one attached hydrogen (secondary N) is 2. The van der Waals surface area contributed by atoms with Gasteiger partial charge >= 0.3 is 6.09 Å². The predicted octanol–water partition coefficient (Wildman–Crippen LogP) is 4.27. The minimum atomic E-state index is -3.90. The second kappa shape index (κ2) is 10.1. The van der Waals surface area contributed by atoms with Crippen LogP contribution in [-0.4, -0.2) is 61.5 Å². The molecule has 2 aromatic heterocycles. The van der Waals surface area contributed by atoms with Crippen LogP contribution in [0.2, 0.25) is 0 Å². The molecule has 3 aliphatic rings. The van der Waals surface area contributed by atoms with Gasteiger partial charge in [0, 0.05) is 19.1 Å². The highest BCUT2D eigenvalue weighted by molar-refractivity contribution is 7.89. The highest BCUT2D eigenvalue weighted by atomic mass is 32.2. The van der Waals surface area contributed by atoms with Crippen LogP contribution in [-0.2, 0) is 21.3 Å². The number of thiazole rings is 1. The minimum Gasteiger partial charge on any atom is -0.449 e. The number of carbonyl (C=O) groups is 2. The van der Waals surface area contributed by atoms with Crippen LogP contribution in [0.5, 0.6) is 0 Å². The Hall–Kier alpha value is -3.55. The fraction of sp³-hybridized carbons (Fsp3) is 0.407. The van der Waals surface area contributed by atoms with Crippen molar-refractivity contribution in [2.24, 2.45) is 5.92 Å². The maximum Gasteiger partial charge on any atom is 0.415 e. The Kier molecular flexibility index (Phi) is 6.75. The largest absolute Gasteiger partial charge is 0.449 e. The molecule has 1 unspecified atom stereocenters. The summed E-state index contributed by atoms with van der Waals surface area (Å²) in [5, 5.41) is 3.78. The number of rotatable bonds is 8. The molecule has 2 aliphatic heterocycles. The molecule has 1 saturated carbocycles. The number of cyclic esters (lactones) is 1. The van der Waals surface area contributed by atoms with Crippen molar-refractivity contribution in [2.75, 3.05) is 30.4 Å². The number of anilines is 3. The molecule has 40 heavy (non-hydrogen) atoms. The van der Waals surface area contributed by atoms with E-state index in [1.165, 1.54) is 23.3 Å². The molecule has 2 N–H and O–H groups in total. The van der Waals surface area contributed by atoms with Gasteiger partial charge in [-0.25, -0.2) is 27.9 Å². The molecule has 1 aromatic carbocycles. The summed E-state index contributed by atoms with van der Waals surface area (Å²) < 4.78 is 33.7. The lowest BCUT2D eigenvalue weighted by Gasteiger charge is -2.25. The van der Waals surface area contributed by atoms with Gasteiger partial charge in [-0.3, -0.25) is 9.69 Å². The van der Waals surface area contributed by atoms with E-state index in [-0.39, 0.29) is 22.4 Å². The van der Waals surface area contributed by atoms with E-state index >= 15 is 0 Å². The van der Waals surface area contributed by atoms with E-state index in [4.69, 9.17) is 4.74 Å². The van der Waals surface area contributed by atoms with Crippen LogP contribution < -0.4 is 14.9 Å². The van der Waals surface area contributed by atoms with Crippen LogP contribution in [0.1, 0.15) is 47.8 Å². The molecule has 0 bridgehead atoms. The van der Waals surface area contributed by atoms with Crippen molar-refractivity contribution in [3.63, 3.8) is 0 Å². The van der Waals surface area contributed by atoms with Gasteiger partial charge in [-0.1, -0.05) is 17.4 Å². The summed E-state index contributed by atoms with van der Waals surface area (Å²) >= 11 is 1.36. The first-order chi connectivity index (χ1) is 19.2. The van der Waals surface area contributed by atoms with Gasteiger partial charge in [0.25, 0.3) is 5.91 Å². The van der Waals surface area contributed by atoms with Crippen molar-refractivity contribution >= 4 is 50.1 Å². The number of nitrogens with zero attached hydrogens (tertiary/aromatic N) is 4. The number of aryl methyl sites for hydroxylation is 1. The highest BCUT2D eigenvalue weighted by Gasteiger charge is 2.41. The number of amides is 2. The first-order valence-corrected chi connectivity index (χ1v) is 15.5. The predicted molar refractivity (Wildman–Crippen MR) is 151 cm³/mol. The van der Waals surface area contributed by atoms with Gasteiger partial charge in [0.15, 0.2) is 5.13 Å². The molecule has 1 aliphatic carbocycles. The van der Waals surface area contributed by atoms with Crippen molar-refractivity contribution in [1.29, 1.82) is 0 Å². The number of aromatic nitrogens is 2. The number of benzene rings is 1. The lowest BCUT2D eigenvalue weighted by Crippen LogP contribution is -2.38. The van der Waals surface area contributed by atoms with E-state index in [0.717, 1.165) is 24.1 Å². The summed E-state index contributed by atoms with van der Waals surface area (Å²) in [5.41, 5.74) is 2.35. The van der Waals surface area contributed by atoms with Gasteiger partial charge in [-0.2, -0.15) is 0 Å². The molecule has 1 atom stereocenters. The highest BCUT2D eigenvalue weighted by Crippen LogP contribution is 2.42. The minimum absolute atomic E-state index is 0.0110. The second-order valence-electron chi connectivity index (χ2n) is 10.3. The Labute approximate surface area is 236 Å². The van der Waals surface area contributed by atoms with Gasteiger partial charge in [0.05, 0.1) is 27.6 Å². The zero-order chi connectivity index (χ0) is 28.2. The number of hydrogen-bond acceptors (Lipinski definition) is 9. The van der Waals surface area contributed by atoms with Crippen molar-refractivity contribution in [2.45, 2.75) is 50.6 Å². The van der Waals surface area contributed by atoms with E-state index in [1.54, 1.807) is 29.2 Å². The summed E-state index contributed by atoms with van der Waals surface area (Å²) in [6.07, 6.45) is 2.49. The Bertz CT molecular complexity index is 1620. The van der Waals surface area contributed by atoms with Crippen molar-refractivity contribution < 1.29 is 22.7 Å². The summed E-state index contributed by atoms with van der Waals surface area (Å²) in [7, 11) is -2.55. The zero-order valence-corrected chi connectivity index (χ0v) is 24.1. The molecule has 0 spiro atoms. The fourth-order valence-corrected chi connectivity index (χ4v) is 7.23. The molecule has 2 fully saturated rings. The number of hydrogen-bond donors (Lipinski definition) is 2. The van der Waals surface area contributed by atoms with Crippen LogP contribution in [0, 0.1) is 12.8 Å². The molecule has 3 aromatic rings. The Morgan fingerprint density at radius 2 is 1.98 bits per heavy atom. The number of ether oxygens (including phenoxy) is 1. The smallest absolute Gasteiger partial charge is 0.415 e. The average Bonchev–Trinajstić information content (AvgIpc) is 3.66. The van der Waals surface area contributed by atoms with E-state index in [2.05, 4.69) is 20.0 Å². The van der Waals surface area contributed by atoms with Crippen LogP contribution in [0.4, 0.5) is 21.6 Å². The molecular weight excluding hydrogens is 552 g/mol. The van der Waals surface area contributed by atoms with Gasteiger partial charge in [-0.05, 0) is 81.5 Å². The number of sulfonamides is 1. The lowest BCUT2D eigenvalue weighted by molar-refractivity contribution is 0.0694. The van der Waals surface area contributed by atoms with Gasteiger partial charge in [0.2, 0.25) is 10.0 Å². The van der Waals surface area contributed by atoms with Gasteiger partial charge in [-0.15, -0.1) is 0 Å². The topological polar surface area (TPSA) is 134 Å². The van der Waals surface area contributed by atoms with Crippen molar-refractivity contribution in [3.05, 3.63) is 47.2 Å². The van der Waals surface area contributed by atoms with Crippen LogP contribution in [0.25, 0.3) is 10.4 Å². The molecule has 4 heterocycles. The van der Waals surface area contributed by atoms with Crippen LogP contribution in [0.3, 0.4) is 0 Å². The van der Waals surface area contributed by atoms with Crippen LogP contribution in [0.15, 0.2) is 35.2 Å². The SMILES string of the molecule is CNS(=O)(=O)c1cc(-c2sc(Nc3cccc(N4CCCOC4=O)n3)nc2C)cc2c1C(=O)N(C(C)C1CC1)C2. The Morgan fingerprint density at radius 3 is 2.70 bits per heavy atom. The molecule has 0 radical (unpaired) electrons. The Morgan fingerprint density at radius 1 is 1.18 bits per heavy atom. The second-order valence-corrected chi connectivity index (χ2v) is 13.1. The van der Waals surface area contributed by atoms with Crippen molar-refractivity contribution in [1.82, 2.24) is 19.6 Å². The third kappa shape index (κ3) is 4.82. The summed E-state index contributed by atoms with van der Waals surface area (Å²) in [5.74, 6) is 1.23. The number of fused-ring (bicyclic) bond motifs is 1. The maximum absolute atomic E-state index is 13.4. The molecule has 13 heteroatoms.